The van der Waals surface area contributed by atoms with Crippen LogP contribution >= 0.6 is 0 Å². The van der Waals surface area contributed by atoms with Crippen molar-refractivity contribution in [3.8, 4) is 0 Å². The third-order valence-corrected chi connectivity index (χ3v) is 4.05. The molecule has 0 aliphatic carbocycles. The third-order valence-electron chi connectivity index (χ3n) is 4.05. The van der Waals surface area contributed by atoms with Crippen LogP contribution in [0, 0.1) is 16.7 Å². The van der Waals surface area contributed by atoms with Crippen molar-refractivity contribution in [3.63, 3.8) is 0 Å². The molecular formula is C14H30N2O. The van der Waals surface area contributed by atoms with Crippen molar-refractivity contribution in [2.75, 3.05) is 20.1 Å². The second kappa shape index (κ2) is 6.39. The first-order valence-corrected chi connectivity index (χ1v) is 6.58. The second-order valence-corrected chi connectivity index (χ2v) is 6.51. The highest BCUT2D eigenvalue weighted by Gasteiger charge is 2.33. The topological polar surface area (TPSA) is 41.1 Å². The van der Waals surface area contributed by atoms with Crippen LogP contribution in [0.25, 0.3) is 0 Å². The molecule has 0 aliphatic heterocycles. The highest BCUT2D eigenvalue weighted by atomic mass is 16.1. The fourth-order valence-corrected chi connectivity index (χ4v) is 1.39. The zero-order valence-corrected chi connectivity index (χ0v) is 12.6. The minimum absolute atomic E-state index is 0.0794. The van der Waals surface area contributed by atoms with E-state index >= 15 is 0 Å². The van der Waals surface area contributed by atoms with Crippen molar-refractivity contribution < 1.29 is 4.79 Å². The normalized spacial score (nSPS) is 14.5. The Balaban J connectivity index is 4.32. The number of hydrogen-bond acceptors (Lipinski definition) is 2. The van der Waals surface area contributed by atoms with Gasteiger partial charge in [-0.05, 0) is 24.3 Å². The molecule has 0 aromatic rings. The van der Waals surface area contributed by atoms with E-state index in [0.717, 1.165) is 19.5 Å². The average Bonchev–Trinajstić information content (AvgIpc) is 2.21. The largest absolute Gasteiger partial charge is 0.355 e. The fourth-order valence-electron chi connectivity index (χ4n) is 1.39. The van der Waals surface area contributed by atoms with Gasteiger partial charge in [-0.25, -0.2) is 0 Å². The van der Waals surface area contributed by atoms with Crippen LogP contribution in [-0.4, -0.2) is 26.0 Å². The smallest absolute Gasteiger partial charge is 0.224 e. The Bertz CT molecular complexity index is 241. The minimum Gasteiger partial charge on any atom is -0.355 e. The number of carbonyl (C=O) groups is 1. The lowest BCUT2D eigenvalue weighted by Crippen LogP contribution is -2.44. The molecule has 0 saturated carbocycles. The summed E-state index contributed by atoms with van der Waals surface area (Å²) >= 11 is 0. The summed E-state index contributed by atoms with van der Waals surface area (Å²) in [7, 11) is 1.88. The Morgan fingerprint density at radius 3 is 2.06 bits per heavy atom. The quantitative estimate of drug-likeness (QED) is 0.751. The zero-order valence-electron chi connectivity index (χ0n) is 12.6. The van der Waals surface area contributed by atoms with Gasteiger partial charge in [-0.1, -0.05) is 41.5 Å². The molecular weight excluding hydrogens is 212 g/mol. The first-order valence-electron chi connectivity index (χ1n) is 6.58. The van der Waals surface area contributed by atoms with Gasteiger partial charge in [0.15, 0.2) is 0 Å². The maximum absolute atomic E-state index is 12.0. The molecule has 1 unspecified atom stereocenters. The maximum atomic E-state index is 12.0. The number of rotatable bonds is 6. The summed E-state index contributed by atoms with van der Waals surface area (Å²) in [6.07, 6.45) is 0.878. The van der Waals surface area contributed by atoms with E-state index in [1.54, 1.807) is 0 Å². The average molecular weight is 242 g/mol. The van der Waals surface area contributed by atoms with Gasteiger partial charge in [0.25, 0.3) is 0 Å². The summed E-state index contributed by atoms with van der Waals surface area (Å²) in [5, 5.41) is 6.15. The molecule has 2 N–H and O–H groups in total. The first kappa shape index (κ1) is 16.4. The lowest BCUT2D eigenvalue weighted by Gasteiger charge is -2.39. The van der Waals surface area contributed by atoms with Gasteiger partial charge in [-0.15, -0.1) is 0 Å². The highest BCUT2D eigenvalue weighted by molar-refractivity contribution is 5.78. The van der Waals surface area contributed by atoms with Crippen molar-refractivity contribution in [3.05, 3.63) is 0 Å². The van der Waals surface area contributed by atoms with Crippen LogP contribution < -0.4 is 10.6 Å². The Labute approximate surface area is 107 Å². The van der Waals surface area contributed by atoms with E-state index in [-0.39, 0.29) is 22.7 Å². The maximum Gasteiger partial charge on any atom is 0.224 e. The highest BCUT2D eigenvalue weighted by Crippen LogP contribution is 2.37. The van der Waals surface area contributed by atoms with Crippen molar-refractivity contribution in [2.45, 2.75) is 48.0 Å². The lowest BCUT2D eigenvalue weighted by atomic mass is 9.69. The van der Waals surface area contributed by atoms with Crippen molar-refractivity contribution in [1.82, 2.24) is 10.6 Å². The van der Waals surface area contributed by atoms with Crippen LogP contribution in [0.5, 0.6) is 0 Å². The lowest BCUT2D eigenvalue weighted by molar-refractivity contribution is -0.125. The predicted molar refractivity (Wildman–Crippen MR) is 74.0 cm³/mol. The van der Waals surface area contributed by atoms with Crippen molar-refractivity contribution in [1.29, 1.82) is 0 Å². The molecule has 102 valence electrons. The van der Waals surface area contributed by atoms with E-state index in [9.17, 15) is 4.79 Å². The summed E-state index contributed by atoms with van der Waals surface area (Å²) < 4.78 is 0. The van der Waals surface area contributed by atoms with Crippen LogP contribution in [0.3, 0.4) is 0 Å². The molecule has 0 bridgehead atoms. The van der Waals surface area contributed by atoms with Gasteiger partial charge in [0.05, 0.1) is 5.92 Å². The van der Waals surface area contributed by atoms with Gasteiger partial charge in [-0.2, -0.15) is 0 Å². The molecule has 0 aromatic carbocycles. The Kier molecular flexibility index (Phi) is 6.17. The molecule has 0 aromatic heterocycles. The fraction of sp³-hybridized carbons (Fsp3) is 0.929. The summed E-state index contributed by atoms with van der Waals surface area (Å²) in [5.41, 5.74) is 0.283. The summed E-state index contributed by atoms with van der Waals surface area (Å²) in [6, 6.07) is 0. The van der Waals surface area contributed by atoms with E-state index in [1.807, 2.05) is 7.05 Å². The van der Waals surface area contributed by atoms with Gasteiger partial charge in [-0.3, -0.25) is 4.79 Å². The predicted octanol–water partition coefficient (Wildman–Crippen LogP) is 2.42. The molecule has 0 radical (unpaired) electrons. The molecule has 0 rings (SSSR count). The molecule has 3 nitrogen and oxygen atoms in total. The molecule has 1 amide bonds. The van der Waals surface area contributed by atoms with Crippen LogP contribution in [0.2, 0.25) is 0 Å². The van der Waals surface area contributed by atoms with E-state index in [2.05, 4.69) is 52.2 Å². The Morgan fingerprint density at radius 2 is 1.71 bits per heavy atom. The molecule has 0 heterocycles. The molecule has 3 heteroatoms. The van der Waals surface area contributed by atoms with Gasteiger partial charge < -0.3 is 10.6 Å². The summed E-state index contributed by atoms with van der Waals surface area (Å²) in [5.74, 6) is 0.245. The van der Waals surface area contributed by atoms with Crippen molar-refractivity contribution in [2.24, 2.45) is 16.7 Å². The van der Waals surface area contributed by atoms with Crippen LogP contribution in [0.1, 0.15) is 48.0 Å². The molecule has 0 aliphatic rings. The number of hydrogen-bond donors (Lipinski definition) is 2. The monoisotopic (exact) mass is 242 g/mol. The first-order chi connectivity index (χ1) is 7.65. The second-order valence-electron chi connectivity index (χ2n) is 6.51. The Morgan fingerprint density at radius 1 is 1.18 bits per heavy atom. The Hall–Kier alpha value is -0.570. The molecule has 0 fully saturated rings. The molecule has 1 atom stereocenters. The number of amides is 1. The van der Waals surface area contributed by atoms with Crippen LogP contribution in [0.15, 0.2) is 0 Å². The molecule has 0 spiro atoms. The number of carbonyl (C=O) groups excluding carboxylic acids is 1. The zero-order chi connectivity index (χ0) is 13.7. The summed E-state index contributed by atoms with van der Waals surface area (Å²) in [4.78, 5) is 12.0. The van der Waals surface area contributed by atoms with Crippen LogP contribution in [0.4, 0.5) is 0 Å². The standard InChI is InChI=1S/C14H30N2O/c1-8-11(9-15-7)12(17)16-10-14(5,6)13(2,3)4/h11,15H,8-10H2,1-7H3,(H,16,17). The minimum atomic E-state index is 0.0794. The van der Waals surface area contributed by atoms with E-state index < -0.39 is 0 Å². The van der Waals surface area contributed by atoms with E-state index in [4.69, 9.17) is 0 Å². The van der Waals surface area contributed by atoms with E-state index in [0.29, 0.717) is 0 Å². The van der Waals surface area contributed by atoms with E-state index in [1.165, 1.54) is 0 Å². The summed E-state index contributed by atoms with van der Waals surface area (Å²) in [6.45, 7) is 14.6. The number of nitrogens with one attached hydrogen (secondary N) is 2. The molecule has 0 saturated heterocycles. The molecule has 17 heavy (non-hydrogen) atoms. The SMILES string of the molecule is CCC(CNC)C(=O)NCC(C)(C)C(C)(C)C. The third kappa shape index (κ3) is 5.07. The van der Waals surface area contributed by atoms with Gasteiger partial charge in [0.1, 0.15) is 0 Å². The van der Waals surface area contributed by atoms with Gasteiger partial charge in [0, 0.05) is 13.1 Å². The van der Waals surface area contributed by atoms with Gasteiger partial charge >= 0.3 is 0 Å². The van der Waals surface area contributed by atoms with Crippen molar-refractivity contribution >= 4 is 5.91 Å². The van der Waals surface area contributed by atoms with Crippen LogP contribution in [-0.2, 0) is 4.79 Å². The van der Waals surface area contributed by atoms with Gasteiger partial charge in [0.2, 0.25) is 5.91 Å².